The Morgan fingerprint density at radius 1 is 0.957 bits per heavy atom. The van der Waals surface area contributed by atoms with E-state index in [1.165, 1.54) is 23.2 Å². The van der Waals surface area contributed by atoms with Crippen molar-refractivity contribution in [2.75, 3.05) is 13.2 Å². The Bertz CT molecular complexity index is 1760. The van der Waals surface area contributed by atoms with Crippen LogP contribution in [0.2, 0.25) is 0 Å². The van der Waals surface area contributed by atoms with Gasteiger partial charge in [0.2, 0.25) is 11.7 Å². The summed E-state index contributed by atoms with van der Waals surface area (Å²) in [5, 5.41) is 2.82. The second kappa shape index (κ2) is 13.3. The van der Waals surface area contributed by atoms with E-state index in [1.54, 1.807) is 62.4 Å². The monoisotopic (exact) mass is 642 g/mol. The number of rotatable bonds is 11. The topological polar surface area (TPSA) is 125 Å². The number of aliphatic imine (C=N–C) groups is 1. The molecule has 3 aromatic rings. The fourth-order valence-corrected chi connectivity index (χ4v) is 7.09. The first-order valence-corrected chi connectivity index (χ1v) is 16.6. The number of sulfonamides is 1. The van der Waals surface area contributed by atoms with E-state index in [4.69, 9.17) is 4.74 Å². The van der Waals surface area contributed by atoms with Crippen LogP contribution in [0.3, 0.4) is 0 Å². The van der Waals surface area contributed by atoms with E-state index in [2.05, 4.69) is 10.3 Å². The molecule has 1 N–H and O–H groups in total. The molecule has 5 rings (SSSR count). The van der Waals surface area contributed by atoms with E-state index in [0.717, 1.165) is 9.87 Å². The van der Waals surface area contributed by atoms with E-state index < -0.39 is 57.7 Å². The van der Waals surface area contributed by atoms with Crippen molar-refractivity contribution in [3.63, 3.8) is 0 Å². The molecule has 2 aliphatic heterocycles. The summed E-state index contributed by atoms with van der Waals surface area (Å²) in [7, 11) is -4.13. The minimum absolute atomic E-state index is 0.0470. The number of nitrogens with one attached hydrogen (secondary N) is 1. The Kier molecular flexibility index (Phi) is 9.43. The van der Waals surface area contributed by atoms with Gasteiger partial charge in [-0.15, -0.1) is 0 Å². The van der Waals surface area contributed by atoms with E-state index in [1.807, 2.05) is 44.2 Å². The van der Waals surface area contributed by atoms with Gasteiger partial charge in [-0.1, -0.05) is 92.7 Å². The van der Waals surface area contributed by atoms with Crippen LogP contribution in [-0.4, -0.2) is 71.9 Å². The van der Waals surface area contributed by atoms with Crippen molar-refractivity contribution in [3.05, 3.63) is 108 Å². The van der Waals surface area contributed by atoms with Gasteiger partial charge in [-0.25, -0.2) is 13.4 Å². The smallest absolute Gasteiger partial charge is 0.264 e. The molecule has 0 saturated carbocycles. The van der Waals surface area contributed by atoms with Gasteiger partial charge in [0.1, 0.15) is 25.2 Å². The third-order valence-corrected chi connectivity index (χ3v) is 9.52. The van der Waals surface area contributed by atoms with Crippen LogP contribution in [0.5, 0.6) is 0 Å². The Hall–Kier alpha value is -4.77. The molecule has 0 spiro atoms. The lowest BCUT2D eigenvalue weighted by molar-refractivity contribution is -0.137. The van der Waals surface area contributed by atoms with Gasteiger partial charge in [-0.05, 0) is 43.0 Å². The first-order chi connectivity index (χ1) is 21.9. The molecule has 0 unspecified atom stereocenters. The Labute approximate surface area is 269 Å². The van der Waals surface area contributed by atoms with Crippen molar-refractivity contribution >= 4 is 39.2 Å². The molecule has 0 radical (unpaired) electrons. The van der Waals surface area contributed by atoms with Crippen LogP contribution in [0.25, 0.3) is 5.70 Å². The molecule has 0 fully saturated rings. The molecular weight excluding hydrogens is 604 g/mol. The first kappa shape index (κ1) is 32.6. The maximum atomic E-state index is 14.3. The second-order valence-electron chi connectivity index (χ2n) is 12.3. The highest BCUT2D eigenvalue weighted by Gasteiger charge is 2.44. The molecule has 2 heterocycles. The standard InChI is InChI=1S/C35H38N4O6S/c1-24(2)31-34(42)38(29(26-16-10-6-11-17-26)21-39(31)46(43,44)27-18-12-7-13-19-27)22-30(40)36-28(20-25-14-8-5-9-15-25)32(41)33-37-35(3,4)23-45-33/h5-19,21,24,28,31H,20,22-23H2,1-4H3,(H,36,40)/t28-,31-/m0/s1. The predicted octanol–water partition coefficient (Wildman–Crippen LogP) is 4.05. The first-order valence-electron chi connectivity index (χ1n) is 15.1. The summed E-state index contributed by atoms with van der Waals surface area (Å²) in [5.41, 5.74) is 1.04. The molecule has 2 atom stereocenters. The van der Waals surface area contributed by atoms with E-state index >= 15 is 0 Å². The van der Waals surface area contributed by atoms with Gasteiger partial charge in [0, 0.05) is 12.6 Å². The molecule has 2 aliphatic rings. The van der Waals surface area contributed by atoms with Crippen molar-refractivity contribution in [1.29, 1.82) is 0 Å². The summed E-state index contributed by atoms with van der Waals surface area (Å²) in [6, 6.07) is 23.9. The summed E-state index contributed by atoms with van der Waals surface area (Å²) in [5.74, 6) is -2.09. The Morgan fingerprint density at radius 3 is 2.11 bits per heavy atom. The number of carbonyl (C=O) groups excluding carboxylic acids is 3. The highest BCUT2D eigenvalue weighted by molar-refractivity contribution is 7.89. The van der Waals surface area contributed by atoms with Crippen LogP contribution < -0.4 is 5.32 Å². The largest absolute Gasteiger partial charge is 0.473 e. The van der Waals surface area contributed by atoms with Crippen LogP contribution in [0, 0.1) is 5.92 Å². The van der Waals surface area contributed by atoms with Gasteiger partial charge in [-0.3, -0.25) is 23.6 Å². The predicted molar refractivity (Wildman–Crippen MR) is 175 cm³/mol. The van der Waals surface area contributed by atoms with Crippen molar-refractivity contribution < 1.29 is 27.5 Å². The second-order valence-corrected chi connectivity index (χ2v) is 14.2. The van der Waals surface area contributed by atoms with Crippen molar-refractivity contribution in [2.24, 2.45) is 10.9 Å². The molecule has 2 amide bonds. The fraction of sp³-hybridized carbons (Fsp3) is 0.314. The van der Waals surface area contributed by atoms with Gasteiger partial charge in [0.05, 0.1) is 16.1 Å². The number of nitrogens with zero attached hydrogens (tertiary/aromatic N) is 3. The Balaban J connectivity index is 1.49. The molecule has 3 aromatic carbocycles. The molecule has 46 heavy (non-hydrogen) atoms. The number of hydrogen-bond acceptors (Lipinski definition) is 7. The van der Waals surface area contributed by atoms with Crippen LogP contribution in [0.1, 0.15) is 38.8 Å². The summed E-state index contributed by atoms with van der Waals surface area (Å²) in [6.45, 7) is 7.02. The number of benzene rings is 3. The molecule has 0 aromatic heterocycles. The lowest BCUT2D eigenvalue weighted by Crippen LogP contribution is -2.57. The number of hydrogen-bond donors (Lipinski definition) is 1. The number of ketones is 1. The van der Waals surface area contributed by atoms with Crippen LogP contribution in [0.15, 0.2) is 107 Å². The molecule has 11 heteroatoms. The van der Waals surface area contributed by atoms with Crippen molar-refractivity contribution in [1.82, 2.24) is 14.5 Å². The van der Waals surface area contributed by atoms with Gasteiger partial charge >= 0.3 is 0 Å². The van der Waals surface area contributed by atoms with Crippen LogP contribution >= 0.6 is 0 Å². The maximum Gasteiger partial charge on any atom is 0.264 e. The minimum atomic E-state index is -4.13. The van der Waals surface area contributed by atoms with Crippen LogP contribution in [-0.2, 0) is 35.6 Å². The average molecular weight is 643 g/mol. The summed E-state index contributed by atoms with van der Waals surface area (Å²) >= 11 is 0. The zero-order valence-electron chi connectivity index (χ0n) is 26.3. The molecule has 10 nitrogen and oxygen atoms in total. The molecule has 0 bridgehead atoms. The maximum absolute atomic E-state index is 14.3. The van der Waals surface area contributed by atoms with Gasteiger partial charge < -0.3 is 10.1 Å². The molecule has 0 saturated heterocycles. The highest BCUT2D eigenvalue weighted by Crippen LogP contribution is 2.33. The number of carbonyl (C=O) groups is 3. The normalized spacial score (nSPS) is 18.5. The number of ether oxygens (including phenoxy) is 1. The van der Waals surface area contributed by atoms with E-state index in [0.29, 0.717) is 5.56 Å². The Morgan fingerprint density at radius 2 is 1.54 bits per heavy atom. The average Bonchev–Trinajstić information content (AvgIpc) is 3.41. The van der Waals surface area contributed by atoms with E-state index in [9.17, 15) is 22.8 Å². The van der Waals surface area contributed by atoms with Crippen molar-refractivity contribution in [2.45, 2.75) is 56.6 Å². The lowest BCUT2D eigenvalue weighted by atomic mass is 9.99. The molecule has 0 aliphatic carbocycles. The third-order valence-electron chi connectivity index (χ3n) is 7.77. The van der Waals surface area contributed by atoms with Gasteiger partial charge in [0.15, 0.2) is 0 Å². The third kappa shape index (κ3) is 7.04. The summed E-state index contributed by atoms with van der Waals surface area (Å²) < 4.78 is 34.5. The van der Waals surface area contributed by atoms with Crippen LogP contribution in [0.4, 0.5) is 0 Å². The minimum Gasteiger partial charge on any atom is -0.473 e. The molecular formula is C35H38N4O6S. The lowest BCUT2D eigenvalue weighted by Gasteiger charge is -2.41. The fourth-order valence-electron chi connectivity index (χ4n) is 5.47. The number of Topliss-reactive ketones (excluding diaryl/α,β-unsaturated/α-hetero) is 1. The van der Waals surface area contributed by atoms with Gasteiger partial charge in [0.25, 0.3) is 21.8 Å². The highest BCUT2D eigenvalue weighted by atomic mass is 32.2. The van der Waals surface area contributed by atoms with Gasteiger partial charge in [-0.2, -0.15) is 0 Å². The number of amides is 2. The summed E-state index contributed by atoms with van der Waals surface area (Å²) in [6.07, 6.45) is 1.61. The quantitative estimate of drug-likeness (QED) is 0.337. The zero-order valence-corrected chi connectivity index (χ0v) is 27.1. The van der Waals surface area contributed by atoms with Crippen molar-refractivity contribution in [3.8, 4) is 0 Å². The SMILES string of the molecule is CC(C)[C@H]1C(=O)N(CC(=O)N[C@@H](Cc2ccccc2)C(=O)C2=NC(C)(C)CO2)C(c2ccccc2)=CN1S(=O)(=O)c1ccccc1. The molecule has 240 valence electrons. The van der Waals surface area contributed by atoms with E-state index in [-0.39, 0.29) is 29.5 Å². The zero-order chi connectivity index (χ0) is 33.1. The summed E-state index contributed by atoms with van der Waals surface area (Å²) in [4.78, 5) is 47.4.